The first-order valence-corrected chi connectivity index (χ1v) is 7.25. The lowest BCUT2D eigenvalue weighted by atomic mass is 10.0. The average molecular weight is 285 g/mol. The van der Waals surface area contributed by atoms with E-state index in [9.17, 15) is 4.79 Å². The van der Waals surface area contributed by atoms with Crippen LogP contribution in [0.5, 0.6) is 0 Å². The van der Waals surface area contributed by atoms with Crippen LogP contribution in [0.25, 0.3) is 0 Å². The van der Waals surface area contributed by atoms with E-state index in [1.54, 1.807) is 5.38 Å². The summed E-state index contributed by atoms with van der Waals surface area (Å²) in [5.74, 6) is 0.217. The molecule has 19 heavy (non-hydrogen) atoms. The molecule has 0 fully saturated rings. The van der Waals surface area contributed by atoms with Crippen molar-refractivity contribution in [1.29, 1.82) is 0 Å². The minimum atomic E-state index is -0.391. The van der Waals surface area contributed by atoms with E-state index in [4.69, 9.17) is 0 Å². The van der Waals surface area contributed by atoms with Crippen molar-refractivity contribution in [2.24, 2.45) is 5.92 Å². The first kappa shape index (κ1) is 15.9. The maximum Gasteiger partial charge on any atom is 0.357 e. The summed E-state index contributed by atoms with van der Waals surface area (Å²) < 4.78 is 4.65. The second-order valence-corrected chi connectivity index (χ2v) is 6.12. The van der Waals surface area contributed by atoms with Crippen LogP contribution >= 0.6 is 11.3 Å². The summed E-state index contributed by atoms with van der Waals surface area (Å²) in [5.41, 5.74) is 0.364. The molecule has 0 saturated carbocycles. The van der Waals surface area contributed by atoms with E-state index in [1.807, 2.05) is 0 Å². The van der Waals surface area contributed by atoms with Gasteiger partial charge in [0.05, 0.1) is 7.11 Å². The Morgan fingerprint density at radius 1 is 1.53 bits per heavy atom. The average Bonchev–Trinajstić information content (AvgIpc) is 2.74. The van der Waals surface area contributed by atoms with Crippen LogP contribution in [0, 0.1) is 5.92 Å². The third-order valence-corrected chi connectivity index (χ3v) is 3.34. The number of nitrogens with zero attached hydrogens (tertiary/aromatic N) is 2. The van der Waals surface area contributed by atoms with E-state index in [0.29, 0.717) is 17.7 Å². The number of carbonyl (C=O) groups excluding carboxylic acids is 1. The van der Waals surface area contributed by atoms with Crippen LogP contribution in [0.2, 0.25) is 0 Å². The lowest BCUT2D eigenvalue weighted by molar-refractivity contribution is 0.0595. The SMILES string of the molecule is COC(=O)c1csc(NC(CC(C)C)CN(C)C)n1. The number of anilines is 1. The Kier molecular flexibility index (Phi) is 6.24. The van der Waals surface area contributed by atoms with Crippen LogP contribution in [-0.4, -0.2) is 49.6 Å². The van der Waals surface area contributed by atoms with Gasteiger partial charge in [-0.25, -0.2) is 9.78 Å². The molecule has 0 spiro atoms. The second kappa shape index (κ2) is 7.45. The van der Waals surface area contributed by atoms with Gasteiger partial charge in [0.2, 0.25) is 0 Å². The molecule has 108 valence electrons. The smallest absolute Gasteiger partial charge is 0.357 e. The Morgan fingerprint density at radius 3 is 2.74 bits per heavy atom. The molecule has 1 atom stereocenters. The molecule has 1 rings (SSSR count). The summed E-state index contributed by atoms with van der Waals surface area (Å²) in [4.78, 5) is 17.8. The highest BCUT2D eigenvalue weighted by Gasteiger charge is 2.16. The molecule has 0 aliphatic carbocycles. The number of hydrogen-bond donors (Lipinski definition) is 1. The van der Waals surface area contributed by atoms with Crippen molar-refractivity contribution in [2.75, 3.05) is 33.1 Å². The van der Waals surface area contributed by atoms with E-state index >= 15 is 0 Å². The molecular weight excluding hydrogens is 262 g/mol. The third kappa shape index (κ3) is 5.57. The minimum Gasteiger partial charge on any atom is -0.464 e. The fourth-order valence-corrected chi connectivity index (χ4v) is 2.66. The number of rotatable bonds is 7. The minimum absolute atomic E-state index is 0.326. The lowest BCUT2D eigenvalue weighted by Gasteiger charge is -2.23. The van der Waals surface area contributed by atoms with Crippen molar-refractivity contribution in [3.63, 3.8) is 0 Å². The molecule has 1 aromatic heterocycles. The van der Waals surface area contributed by atoms with Gasteiger partial charge in [-0.05, 0) is 26.4 Å². The quantitative estimate of drug-likeness (QED) is 0.779. The summed E-state index contributed by atoms with van der Waals surface area (Å²) in [6.07, 6.45) is 1.06. The van der Waals surface area contributed by atoms with Crippen LogP contribution in [0.15, 0.2) is 5.38 Å². The van der Waals surface area contributed by atoms with Gasteiger partial charge < -0.3 is 15.0 Å². The predicted molar refractivity (Wildman–Crippen MR) is 78.9 cm³/mol. The standard InChI is InChI=1S/C13H23N3O2S/c1-9(2)6-10(7-16(3)4)14-13-15-11(8-19-13)12(17)18-5/h8-10H,6-7H2,1-5H3,(H,14,15). The van der Waals surface area contributed by atoms with Crippen molar-refractivity contribution >= 4 is 22.4 Å². The molecule has 1 heterocycles. The first-order valence-electron chi connectivity index (χ1n) is 6.37. The highest BCUT2D eigenvalue weighted by Crippen LogP contribution is 2.19. The monoisotopic (exact) mass is 285 g/mol. The molecular formula is C13H23N3O2S. The zero-order valence-corrected chi connectivity index (χ0v) is 13.1. The van der Waals surface area contributed by atoms with Gasteiger partial charge in [-0.1, -0.05) is 13.8 Å². The number of hydrogen-bond acceptors (Lipinski definition) is 6. The zero-order valence-electron chi connectivity index (χ0n) is 12.3. The summed E-state index contributed by atoms with van der Waals surface area (Å²) >= 11 is 1.43. The van der Waals surface area contributed by atoms with E-state index in [-0.39, 0.29) is 0 Å². The summed E-state index contributed by atoms with van der Waals surface area (Å²) in [6.45, 7) is 5.34. The van der Waals surface area contributed by atoms with Gasteiger partial charge in [0, 0.05) is 18.0 Å². The van der Waals surface area contributed by atoms with Crippen LogP contribution < -0.4 is 5.32 Å². The molecule has 0 aromatic carbocycles. The van der Waals surface area contributed by atoms with Crippen LogP contribution in [0.3, 0.4) is 0 Å². The molecule has 1 aromatic rings. The largest absolute Gasteiger partial charge is 0.464 e. The molecule has 0 aliphatic heterocycles. The molecule has 6 heteroatoms. The number of likely N-dealkylation sites (N-methyl/N-ethyl adjacent to an activating group) is 1. The van der Waals surface area contributed by atoms with Gasteiger partial charge in [-0.15, -0.1) is 11.3 Å². The topological polar surface area (TPSA) is 54.5 Å². The zero-order chi connectivity index (χ0) is 14.4. The Bertz CT molecular complexity index is 394. The van der Waals surface area contributed by atoms with Gasteiger partial charge in [-0.2, -0.15) is 0 Å². The highest BCUT2D eigenvalue weighted by molar-refractivity contribution is 7.13. The maximum absolute atomic E-state index is 11.4. The maximum atomic E-state index is 11.4. The van der Waals surface area contributed by atoms with Crippen LogP contribution in [0.4, 0.5) is 5.13 Å². The van der Waals surface area contributed by atoms with Gasteiger partial charge in [0.15, 0.2) is 10.8 Å². The van der Waals surface area contributed by atoms with E-state index in [0.717, 1.165) is 18.1 Å². The van der Waals surface area contributed by atoms with Crippen molar-refractivity contribution < 1.29 is 9.53 Å². The summed E-state index contributed by atoms with van der Waals surface area (Å²) in [5, 5.41) is 5.89. The van der Waals surface area contributed by atoms with Gasteiger partial charge in [0.1, 0.15) is 0 Å². The van der Waals surface area contributed by atoms with E-state index < -0.39 is 5.97 Å². The van der Waals surface area contributed by atoms with Crippen molar-refractivity contribution in [2.45, 2.75) is 26.3 Å². The lowest BCUT2D eigenvalue weighted by Crippen LogP contribution is -2.33. The number of esters is 1. The highest BCUT2D eigenvalue weighted by atomic mass is 32.1. The van der Waals surface area contributed by atoms with Crippen LogP contribution in [0.1, 0.15) is 30.8 Å². The molecule has 0 aliphatic rings. The first-order chi connectivity index (χ1) is 8.92. The number of thiazole rings is 1. The number of methoxy groups -OCH3 is 1. The van der Waals surface area contributed by atoms with E-state index in [1.165, 1.54) is 18.4 Å². The number of ether oxygens (including phenoxy) is 1. The fraction of sp³-hybridized carbons (Fsp3) is 0.692. The second-order valence-electron chi connectivity index (χ2n) is 5.26. The molecule has 0 saturated heterocycles. The number of carbonyl (C=O) groups is 1. The molecule has 5 nitrogen and oxygen atoms in total. The van der Waals surface area contributed by atoms with Crippen LogP contribution in [-0.2, 0) is 4.74 Å². The fourth-order valence-electron chi connectivity index (χ4n) is 1.90. The molecule has 0 radical (unpaired) electrons. The Balaban J connectivity index is 2.67. The predicted octanol–water partition coefficient (Wildman–Crippen LogP) is 2.32. The normalized spacial score (nSPS) is 12.8. The molecule has 0 amide bonds. The Hall–Kier alpha value is -1.14. The van der Waals surface area contributed by atoms with E-state index in [2.05, 4.69) is 47.9 Å². The number of aromatic nitrogens is 1. The molecule has 1 N–H and O–H groups in total. The van der Waals surface area contributed by atoms with Crippen molar-refractivity contribution in [3.8, 4) is 0 Å². The molecule has 1 unspecified atom stereocenters. The van der Waals surface area contributed by atoms with Gasteiger partial charge in [-0.3, -0.25) is 0 Å². The van der Waals surface area contributed by atoms with Crippen molar-refractivity contribution in [1.82, 2.24) is 9.88 Å². The van der Waals surface area contributed by atoms with Gasteiger partial charge >= 0.3 is 5.97 Å². The summed E-state index contributed by atoms with van der Waals surface area (Å²) in [7, 11) is 5.47. The van der Waals surface area contributed by atoms with Gasteiger partial charge in [0.25, 0.3) is 0 Å². The number of nitrogens with one attached hydrogen (secondary N) is 1. The molecule has 0 bridgehead atoms. The summed E-state index contributed by atoms with van der Waals surface area (Å²) in [6, 6.07) is 0.326. The van der Waals surface area contributed by atoms with Crippen molar-refractivity contribution in [3.05, 3.63) is 11.1 Å². The Morgan fingerprint density at radius 2 is 2.21 bits per heavy atom. The third-order valence-electron chi connectivity index (χ3n) is 2.57. The Labute approximate surface area is 119 Å².